The molecular weight excluding hydrogens is 204 g/mol. The van der Waals surface area contributed by atoms with Gasteiger partial charge in [-0.15, -0.1) is 0 Å². The summed E-state index contributed by atoms with van der Waals surface area (Å²) in [7, 11) is 2.08. The summed E-state index contributed by atoms with van der Waals surface area (Å²) in [4.78, 5) is 15.5. The zero-order valence-electron chi connectivity index (χ0n) is 10.6. The summed E-state index contributed by atoms with van der Waals surface area (Å²) in [5.41, 5.74) is 0. The fourth-order valence-electron chi connectivity index (χ4n) is 2.46. The van der Waals surface area contributed by atoms with Crippen molar-refractivity contribution in [3.8, 4) is 0 Å². The molecule has 4 heteroatoms. The second-order valence-electron chi connectivity index (χ2n) is 4.86. The number of aliphatic carboxylic acids is 1. The first kappa shape index (κ1) is 13.5. The van der Waals surface area contributed by atoms with Crippen LogP contribution in [-0.4, -0.2) is 59.6 Å². The van der Waals surface area contributed by atoms with Gasteiger partial charge in [-0.1, -0.05) is 6.92 Å². The van der Waals surface area contributed by atoms with E-state index in [-0.39, 0.29) is 12.5 Å². The lowest BCUT2D eigenvalue weighted by atomic mass is 10.1. The van der Waals surface area contributed by atoms with Crippen LogP contribution in [0.1, 0.15) is 33.1 Å². The predicted molar refractivity (Wildman–Crippen MR) is 64.6 cm³/mol. The smallest absolute Gasteiger partial charge is 0.304 e. The molecule has 0 aromatic heterocycles. The molecule has 1 aliphatic heterocycles. The Morgan fingerprint density at radius 1 is 1.50 bits per heavy atom. The maximum Gasteiger partial charge on any atom is 0.304 e. The highest BCUT2D eigenvalue weighted by Crippen LogP contribution is 2.17. The van der Waals surface area contributed by atoms with Crippen molar-refractivity contribution in [2.75, 3.05) is 26.7 Å². The molecule has 0 spiro atoms. The van der Waals surface area contributed by atoms with Crippen molar-refractivity contribution in [2.45, 2.75) is 45.2 Å². The summed E-state index contributed by atoms with van der Waals surface area (Å²) in [6.45, 7) is 7.33. The van der Waals surface area contributed by atoms with E-state index in [0.29, 0.717) is 6.04 Å². The SMILES string of the molecule is CCC(C)N1CCCN(C)CC1CC(=O)O. The van der Waals surface area contributed by atoms with Crippen LogP contribution in [0, 0.1) is 0 Å². The van der Waals surface area contributed by atoms with Crippen molar-refractivity contribution in [3.63, 3.8) is 0 Å². The number of rotatable bonds is 4. The summed E-state index contributed by atoms with van der Waals surface area (Å²) >= 11 is 0. The molecule has 0 aromatic carbocycles. The van der Waals surface area contributed by atoms with Crippen LogP contribution in [-0.2, 0) is 4.79 Å². The molecule has 2 unspecified atom stereocenters. The van der Waals surface area contributed by atoms with Gasteiger partial charge in [0.1, 0.15) is 0 Å². The number of hydrogen-bond acceptors (Lipinski definition) is 3. The minimum absolute atomic E-state index is 0.167. The molecule has 1 heterocycles. The number of hydrogen-bond donors (Lipinski definition) is 1. The summed E-state index contributed by atoms with van der Waals surface area (Å²) in [5, 5.41) is 8.97. The first-order valence-electron chi connectivity index (χ1n) is 6.20. The summed E-state index contributed by atoms with van der Waals surface area (Å²) in [6, 6.07) is 0.649. The molecule has 1 saturated heterocycles. The third-order valence-corrected chi connectivity index (χ3v) is 3.51. The van der Waals surface area contributed by atoms with Gasteiger partial charge in [0.2, 0.25) is 0 Å². The first-order valence-corrected chi connectivity index (χ1v) is 6.20. The van der Waals surface area contributed by atoms with Crippen LogP contribution >= 0.6 is 0 Å². The normalized spacial score (nSPS) is 26.3. The van der Waals surface area contributed by atoms with E-state index in [2.05, 4.69) is 30.7 Å². The summed E-state index contributed by atoms with van der Waals surface area (Å²) in [5.74, 6) is -0.686. The van der Waals surface area contributed by atoms with Gasteiger partial charge < -0.3 is 10.0 Å². The van der Waals surface area contributed by atoms with Crippen molar-refractivity contribution in [3.05, 3.63) is 0 Å². The van der Waals surface area contributed by atoms with E-state index < -0.39 is 5.97 Å². The summed E-state index contributed by atoms with van der Waals surface area (Å²) < 4.78 is 0. The standard InChI is InChI=1S/C12H24N2O2/c1-4-10(2)14-7-5-6-13(3)9-11(14)8-12(15)16/h10-11H,4-9H2,1-3H3,(H,15,16). The monoisotopic (exact) mass is 228 g/mol. The third kappa shape index (κ3) is 3.76. The highest BCUT2D eigenvalue weighted by molar-refractivity contribution is 5.67. The maximum absolute atomic E-state index is 10.9. The van der Waals surface area contributed by atoms with E-state index >= 15 is 0 Å². The number of likely N-dealkylation sites (N-methyl/N-ethyl adjacent to an activating group) is 1. The number of nitrogens with zero attached hydrogens (tertiary/aromatic N) is 2. The Labute approximate surface area is 98.2 Å². The topological polar surface area (TPSA) is 43.8 Å². The van der Waals surface area contributed by atoms with Crippen LogP contribution < -0.4 is 0 Å². The average Bonchev–Trinajstić information content (AvgIpc) is 2.38. The number of carboxylic acids is 1. The van der Waals surface area contributed by atoms with Crippen LogP contribution in [0.4, 0.5) is 0 Å². The fraction of sp³-hybridized carbons (Fsp3) is 0.917. The van der Waals surface area contributed by atoms with Crippen LogP contribution in [0.15, 0.2) is 0 Å². The van der Waals surface area contributed by atoms with E-state index in [1.165, 1.54) is 0 Å². The molecule has 16 heavy (non-hydrogen) atoms. The van der Waals surface area contributed by atoms with Gasteiger partial charge in [0.25, 0.3) is 0 Å². The molecule has 0 aliphatic carbocycles. The molecule has 0 aromatic rings. The van der Waals surface area contributed by atoms with Gasteiger partial charge in [0.15, 0.2) is 0 Å². The van der Waals surface area contributed by atoms with Gasteiger partial charge >= 0.3 is 5.97 Å². The first-order chi connectivity index (χ1) is 7.54. The lowest BCUT2D eigenvalue weighted by Gasteiger charge is -2.34. The van der Waals surface area contributed by atoms with Gasteiger partial charge in [-0.3, -0.25) is 9.69 Å². The zero-order valence-corrected chi connectivity index (χ0v) is 10.6. The van der Waals surface area contributed by atoms with Gasteiger partial charge in [0.05, 0.1) is 6.42 Å². The molecule has 1 N–H and O–H groups in total. The van der Waals surface area contributed by atoms with Crippen LogP contribution in [0.25, 0.3) is 0 Å². The Morgan fingerprint density at radius 2 is 2.19 bits per heavy atom. The minimum Gasteiger partial charge on any atom is -0.481 e. The van der Waals surface area contributed by atoms with Crippen LogP contribution in [0.5, 0.6) is 0 Å². The molecule has 1 rings (SSSR count). The molecular formula is C12H24N2O2. The quantitative estimate of drug-likeness (QED) is 0.787. The van der Waals surface area contributed by atoms with Gasteiger partial charge in [0, 0.05) is 18.6 Å². The Balaban J connectivity index is 2.70. The molecule has 0 amide bonds. The van der Waals surface area contributed by atoms with Crippen molar-refractivity contribution in [1.29, 1.82) is 0 Å². The van der Waals surface area contributed by atoms with E-state index in [9.17, 15) is 4.79 Å². The Hall–Kier alpha value is -0.610. The zero-order chi connectivity index (χ0) is 12.1. The van der Waals surface area contributed by atoms with E-state index in [1.54, 1.807) is 0 Å². The number of carbonyl (C=O) groups is 1. The highest BCUT2D eigenvalue weighted by Gasteiger charge is 2.27. The van der Waals surface area contributed by atoms with Crippen molar-refractivity contribution < 1.29 is 9.90 Å². The highest BCUT2D eigenvalue weighted by atomic mass is 16.4. The lowest BCUT2D eigenvalue weighted by Crippen LogP contribution is -2.46. The van der Waals surface area contributed by atoms with Crippen LogP contribution in [0.2, 0.25) is 0 Å². The van der Waals surface area contributed by atoms with E-state index in [4.69, 9.17) is 5.11 Å². The van der Waals surface area contributed by atoms with Crippen molar-refractivity contribution in [1.82, 2.24) is 9.80 Å². The molecule has 94 valence electrons. The van der Waals surface area contributed by atoms with Crippen molar-refractivity contribution >= 4 is 5.97 Å². The van der Waals surface area contributed by atoms with Crippen molar-refractivity contribution in [2.24, 2.45) is 0 Å². The lowest BCUT2D eigenvalue weighted by molar-refractivity contribution is -0.138. The molecule has 4 nitrogen and oxygen atoms in total. The fourth-order valence-corrected chi connectivity index (χ4v) is 2.46. The largest absolute Gasteiger partial charge is 0.481 e. The maximum atomic E-state index is 10.9. The Kier molecular flexibility index (Phi) is 5.22. The third-order valence-electron chi connectivity index (χ3n) is 3.51. The summed E-state index contributed by atoms with van der Waals surface area (Å²) in [6.07, 6.45) is 2.48. The number of carboxylic acid groups (broad SMARTS) is 1. The molecule has 0 saturated carbocycles. The van der Waals surface area contributed by atoms with Gasteiger partial charge in [-0.25, -0.2) is 0 Å². The van der Waals surface area contributed by atoms with Gasteiger partial charge in [-0.2, -0.15) is 0 Å². The molecule has 0 radical (unpaired) electrons. The Bertz CT molecular complexity index is 233. The predicted octanol–water partition coefficient (Wildman–Crippen LogP) is 1.27. The molecule has 2 atom stereocenters. The molecule has 0 bridgehead atoms. The average molecular weight is 228 g/mol. The van der Waals surface area contributed by atoms with E-state index in [0.717, 1.165) is 32.5 Å². The Morgan fingerprint density at radius 3 is 2.75 bits per heavy atom. The van der Waals surface area contributed by atoms with Gasteiger partial charge in [-0.05, 0) is 39.9 Å². The molecule has 1 aliphatic rings. The minimum atomic E-state index is -0.686. The van der Waals surface area contributed by atoms with Crippen LogP contribution in [0.3, 0.4) is 0 Å². The van der Waals surface area contributed by atoms with E-state index in [1.807, 2.05) is 0 Å². The second kappa shape index (κ2) is 6.21. The molecule has 1 fully saturated rings. The second-order valence-corrected chi connectivity index (χ2v) is 4.86.